The molecule has 5 heteroatoms. The number of thioether (sulfide) groups is 1. The van der Waals surface area contributed by atoms with E-state index < -0.39 is 0 Å². The van der Waals surface area contributed by atoms with Crippen molar-refractivity contribution in [2.75, 3.05) is 13.7 Å². The first-order valence-corrected chi connectivity index (χ1v) is 8.02. The van der Waals surface area contributed by atoms with E-state index in [9.17, 15) is 0 Å². The molecular formula is C16H21N3OS. The van der Waals surface area contributed by atoms with Crippen molar-refractivity contribution in [3.63, 3.8) is 0 Å². The standard InChI is InChI=1S/C16H21N3OS/c1-4-18-12(2)13-5-6-15(20-3)14(9-13)10-21-16-7-8-17-11-19-16/h5-9,11-12,18H,4,10H2,1-3H3. The normalized spacial score (nSPS) is 12.1. The van der Waals surface area contributed by atoms with Gasteiger partial charge in [0.05, 0.1) is 12.1 Å². The number of aromatic nitrogens is 2. The molecule has 0 aliphatic heterocycles. The Morgan fingerprint density at radius 2 is 2.19 bits per heavy atom. The van der Waals surface area contributed by atoms with Crippen LogP contribution in [-0.4, -0.2) is 23.6 Å². The van der Waals surface area contributed by atoms with Crippen molar-refractivity contribution in [3.8, 4) is 5.75 Å². The highest BCUT2D eigenvalue weighted by molar-refractivity contribution is 7.98. The van der Waals surface area contributed by atoms with Crippen LogP contribution < -0.4 is 10.1 Å². The molecule has 1 N–H and O–H groups in total. The Balaban J connectivity index is 2.14. The van der Waals surface area contributed by atoms with Gasteiger partial charge in [0.1, 0.15) is 12.1 Å². The predicted molar refractivity (Wildman–Crippen MR) is 86.7 cm³/mol. The second kappa shape index (κ2) is 8.00. The van der Waals surface area contributed by atoms with Gasteiger partial charge in [0.2, 0.25) is 0 Å². The lowest BCUT2D eigenvalue weighted by Crippen LogP contribution is -2.17. The fourth-order valence-corrected chi connectivity index (χ4v) is 2.93. The number of rotatable bonds is 7. The lowest BCUT2D eigenvalue weighted by atomic mass is 10.0. The Labute approximate surface area is 130 Å². The molecule has 1 aromatic heterocycles. The molecule has 0 bridgehead atoms. The summed E-state index contributed by atoms with van der Waals surface area (Å²) in [7, 11) is 1.71. The van der Waals surface area contributed by atoms with Crippen LogP contribution in [0.25, 0.3) is 0 Å². The van der Waals surface area contributed by atoms with Crippen molar-refractivity contribution in [2.45, 2.75) is 30.7 Å². The van der Waals surface area contributed by atoms with E-state index in [1.165, 1.54) is 11.1 Å². The van der Waals surface area contributed by atoms with Gasteiger partial charge in [-0.3, -0.25) is 0 Å². The zero-order chi connectivity index (χ0) is 15.1. The van der Waals surface area contributed by atoms with Gasteiger partial charge in [0.25, 0.3) is 0 Å². The fraction of sp³-hybridized carbons (Fsp3) is 0.375. The molecule has 1 unspecified atom stereocenters. The molecule has 1 heterocycles. The van der Waals surface area contributed by atoms with Crippen molar-refractivity contribution >= 4 is 11.8 Å². The van der Waals surface area contributed by atoms with Crippen LogP contribution >= 0.6 is 11.8 Å². The van der Waals surface area contributed by atoms with Gasteiger partial charge >= 0.3 is 0 Å². The summed E-state index contributed by atoms with van der Waals surface area (Å²) in [5, 5.41) is 4.40. The van der Waals surface area contributed by atoms with Gasteiger partial charge in [-0.05, 0) is 37.2 Å². The van der Waals surface area contributed by atoms with E-state index in [0.717, 1.165) is 23.1 Å². The molecule has 0 spiro atoms. The Kier molecular flexibility index (Phi) is 6.02. The van der Waals surface area contributed by atoms with E-state index in [1.54, 1.807) is 31.4 Å². The maximum atomic E-state index is 5.46. The maximum absolute atomic E-state index is 5.46. The smallest absolute Gasteiger partial charge is 0.122 e. The molecule has 1 atom stereocenters. The van der Waals surface area contributed by atoms with Crippen LogP contribution in [0, 0.1) is 0 Å². The summed E-state index contributed by atoms with van der Waals surface area (Å²) >= 11 is 1.69. The van der Waals surface area contributed by atoms with Crippen LogP contribution in [0.1, 0.15) is 31.0 Å². The Hall–Kier alpha value is -1.59. The quantitative estimate of drug-likeness (QED) is 0.627. The van der Waals surface area contributed by atoms with Crippen molar-refractivity contribution in [1.29, 1.82) is 0 Å². The first kappa shape index (κ1) is 15.8. The number of hydrogen-bond acceptors (Lipinski definition) is 5. The molecule has 2 aromatic rings. The van der Waals surface area contributed by atoms with Crippen molar-refractivity contribution in [2.24, 2.45) is 0 Å². The van der Waals surface area contributed by atoms with E-state index in [4.69, 9.17) is 4.74 Å². The second-order valence-corrected chi connectivity index (χ2v) is 5.68. The second-order valence-electron chi connectivity index (χ2n) is 4.69. The van der Waals surface area contributed by atoms with E-state index in [2.05, 4.69) is 41.3 Å². The van der Waals surface area contributed by atoms with E-state index >= 15 is 0 Å². The molecule has 0 saturated heterocycles. The largest absolute Gasteiger partial charge is 0.496 e. The summed E-state index contributed by atoms with van der Waals surface area (Å²) in [6.45, 7) is 5.25. The summed E-state index contributed by atoms with van der Waals surface area (Å²) in [4.78, 5) is 8.17. The van der Waals surface area contributed by atoms with Crippen LogP contribution in [0.15, 0.2) is 41.8 Å². The average Bonchev–Trinajstić information content (AvgIpc) is 2.54. The fourth-order valence-electron chi connectivity index (χ4n) is 2.12. The molecule has 0 amide bonds. The number of nitrogens with zero attached hydrogens (tertiary/aromatic N) is 2. The highest BCUT2D eigenvalue weighted by Crippen LogP contribution is 2.29. The molecule has 2 rings (SSSR count). The SMILES string of the molecule is CCNC(C)c1ccc(OC)c(CSc2ccncn2)c1. The van der Waals surface area contributed by atoms with Crippen LogP contribution in [0.4, 0.5) is 0 Å². The monoisotopic (exact) mass is 303 g/mol. The van der Waals surface area contributed by atoms with Gasteiger partial charge in [0.15, 0.2) is 0 Å². The minimum absolute atomic E-state index is 0.337. The van der Waals surface area contributed by atoms with Gasteiger partial charge in [-0.2, -0.15) is 0 Å². The Bertz CT molecular complexity index is 563. The summed E-state index contributed by atoms with van der Waals surface area (Å²) < 4.78 is 5.46. The lowest BCUT2D eigenvalue weighted by molar-refractivity contribution is 0.411. The van der Waals surface area contributed by atoms with Crippen LogP contribution in [0.2, 0.25) is 0 Å². The van der Waals surface area contributed by atoms with Gasteiger partial charge in [-0.1, -0.05) is 13.0 Å². The van der Waals surface area contributed by atoms with Gasteiger partial charge < -0.3 is 10.1 Å². The molecule has 4 nitrogen and oxygen atoms in total. The maximum Gasteiger partial charge on any atom is 0.122 e. The topological polar surface area (TPSA) is 47.0 Å². The van der Waals surface area contributed by atoms with Gasteiger partial charge in [-0.25, -0.2) is 9.97 Å². The van der Waals surface area contributed by atoms with Crippen molar-refractivity contribution < 1.29 is 4.74 Å². The summed E-state index contributed by atoms with van der Waals surface area (Å²) in [6, 6.07) is 8.62. The molecule has 112 valence electrons. The summed E-state index contributed by atoms with van der Waals surface area (Å²) in [5.74, 6) is 1.75. The molecule has 21 heavy (non-hydrogen) atoms. The van der Waals surface area contributed by atoms with Crippen LogP contribution in [-0.2, 0) is 5.75 Å². The van der Waals surface area contributed by atoms with E-state index in [-0.39, 0.29) is 0 Å². The third-order valence-corrected chi connectivity index (χ3v) is 4.24. The molecule has 0 aliphatic carbocycles. The number of methoxy groups -OCH3 is 1. The molecule has 0 radical (unpaired) electrons. The van der Waals surface area contributed by atoms with Gasteiger partial charge in [-0.15, -0.1) is 11.8 Å². The van der Waals surface area contributed by atoms with Gasteiger partial charge in [0, 0.05) is 23.6 Å². The Morgan fingerprint density at radius 3 is 2.86 bits per heavy atom. The highest BCUT2D eigenvalue weighted by Gasteiger charge is 2.09. The molecule has 0 fully saturated rings. The number of hydrogen-bond donors (Lipinski definition) is 1. The Morgan fingerprint density at radius 1 is 1.33 bits per heavy atom. The number of nitrogens with one attached hydrogen (secondary N) is 1. The first-order chi connectivity index (χ1) is 10.2. The summed E-state index contributed by atoms with van der Waals surface area (Å²) in [6.07, 6.45) is 3.33. The molecule has 1 aromatic carbocycles. The molecular weight excluding hydrogens is 282 g/mol. The van der Waals surface area contributed by atoms with Crippen LogP contribution in [0.5, 0.6) is 5.75 Å². The third kappa shape index (κ3) is 4.44. The number of benzene rings is 1. The van der Waals surface area contributed by atoms with E-state index in [0.29, 0.717) is 6.04 Å². The highest BCUT2D eigenvalue weighted by atomic mass is 32.2. The molecule has 0 aliphatic rings. The van der Waals surface area contributed by atoms with Crippen LogP contribution in [0.3, 0.4) is 0 Å². The zero-order valence-corrected chi connectivity index (χ0v) is 13.5. The minimum atomic E-state index is 0.337. The van der Waals surface area contributed by atoms with Crippen molar-refractivity contribution in [3.05, 3.63) is 47.9 Å². The number of ether oxygens (including phenoxy) is 1. The lowest BCUT2D eigenvalue weighted by Gasteiger charge is -2.16. The van der Waals surface area contributed by atoms with Crippen molar-refractivity contribution in [1.82, 2.24) is 15.3 Å². The average molecular weight is 303 g/mol. The molecule has 0 saturated carbocycles. The van der Waals surface area contributed by atoms with E-state index in [1.807, 2.05) is 12.1 Å². The zero-order valence-electron chi connectivity index (χ0n) is 12.7. The first-order valence-electron chi connectivity index (χ1n) is 7.03. The third-order valence-electron chi connectivity index (χ3n) is 3.25. The minimum Gasteiger partial charge on any atom is -0.496 e. The summed E-state index contributed by atoms with van der Waals surface area (Å²) in [5.41, 5.74) is 2.46. The predicted octanol–water partition coefficient (Wildman–Crippen LogP) is 3.45.